The number of nitrogens with one attached hydrogen (secondary N) is 2. The summed E-state index contributed by atoms with van der Waals surface area (Å²) in [7, 11) is 0. The van der Waals surface area contributed by atoms with E-state index in [1.165, 1.54) is 0 Å². The molecule has 1 atom stereocenters. The van der Waals surface area contributed by atoms with E-state index < -0.39 is 0 Å². The number of carbonyl (C=O) groups is 1. The number of hydrogen-bond acceptors (Lipinski definition) is 2. The van der Waals surface area contributed by atoms with Crippen molar-refractivity contribution in [3.63, 3.8) is 0 Å². The van der Waals surface area contributed by atoms with Crippen LogP contribution in [0.5, 0.6) is 0 Å². The first-order chi connectivity index (χ1) is 6.33. The fourth-order valence-electron chi connectivity index (χ4n) is 1.15. The summed E-state index contributed by atoms with van der Waals surface area (Å²) in [6.07, 6.45) is 4.71. The molecule has 13 heavy (non-hydrogen) atoms. The zero-order valence-corrected chi connectivity index (χ0v) is 7.88. The lowest BCUT2D eigenvalue weighted by Gasteiger charge is -2.10. The Labute approximate surface area is 78.3 Å². The second kappa shape index (κ2) is 5.59. The van der Waals surface area contributed by atoms with E-state index in [4.69, 9.17) is 4.74 Å². The Morgan fingerprint density at radius 1 is 1.69 bits per heavy atom. The van der Waals surface area contributed by atoms with Crippen LogP contribution in [-0.2, 0) is 4.74 Å². The molecular weight excluding hydrogens is 168 g/mol. The summed E-state index contributed by atoms with van der Waals surface area (Å²) >= 11 is 0. The van der Waals surface area contributed by atoms with Gasteiger partial charge in [-0.1, -0.05) is 12.2 Å². The van der Waals surface area contributed by atoms with E-state index in [0.717, 1.165) is 13.0 Å². The van der Waals surface area contributed by atoms with Crippen LogP contribution in [-0.4, -0.2) is 31.8 Å². The summed E-state index contributed by atoms with van der Waals surface area (Å²) in [6, 6.07) is 0.0687. The van der Waals surface area contributed by atoms with Crippen molar-refractivity contribution in [3.8, 4) is 0 Å². The highest BCUT2D eigenvalue weighted by atomic mass is 16.5. The Balaban J connectivity index is 2.09. The minimum atomic E-state index is -0.117. The number of ether oxygens (including phenoxy) is 1. The van der Waals surface area contributed by atoms with E-state index in [-0.39, 0.29) is 12.1 Å². The van der Waals surface area contributed by atoms with E-state index in [9.17, 15) is 4.79 Å². The number of allylic oxidation sites excluding steroid dienone is 1. The van der Waals surface area contributed by atoms with Crippen molar-refractivity contribution in [1.29, 1.82) is 0 Å². The molecule has 4 heteroatoms. The first-order valence-corrected chi connectivity index (χ1v) is 4.56. The van der Waals surface area contributed by atoms with Gasteiger partial charge >= 0.3 is 6.03 Å². The van der Waals surface area contributed by atoms with Crippen LogP contribution in [0.3, 0.4) is 0 Å². The van der Waals surface area contributed by atoms with E-state index in [1.807, 2.05) is 19.1 Å². The lowest BCUT2D eigenvalue weighted by Crippen LogP contribution is -2.42. The quantitative estimate of drug-likeness (QED) is 0.633. The molecule has 1 unspecified atom stereocenters. The topological polar surface area (TPSA) is 50.4 Å². The second-order valence-electron chi connectivity index (χ2n) is 2.98. The molecule has 1 heterocycles. The summed E-state index contributed by atoms with van der Waals surface area (Å²) in [5, 5.41) is 5.55. The molecule has 2 N–H and O–H groups in total. The molecule has 0 aliphatic carbocycles. The van der Waals surface area contributed by atoms with Crippen LogP contribution >= 0.6 is 0 Å². The number of carbonyl (C=O) groups excluding carboxylic acids is 1. The fourth-order valence-corrected chi connectivity index (χ4v) is 1.15. The zero-order valence-electron chi connectivity index (χ0n) is 7.88. The number of amides is 2. The first-order valence-electron chi connectivity index (χ1n) is 4.56. The molecule has 0 spiro atoms. The average molecular weight is 184 g/mol. The highest BCUT2D eigenvalue weighted by Crippen LogP contribution is 2.02. The van der Waals surface area contributed by atoms with Gasteiger partial charge in [-0.15, -0.1) is 0 Å². The summed E-state index contributed by atoms with van der Waals surface area (Å²) in [5.41, 5.74) is 0. The molecule has 0 aromatic rings. The van der Waals surface area contributed by atoms with Gasteiger partial charge < -0.3 is 15.4 Å². The average Bonchev–Trinajstić information content (AvgIpc) is 2.57. The van der Waals surface area contributed by atoms with Crippen molar-refractivity contribution in [2.24, 2.45) is 0 Å². The normalized spacial score (nSPS) is 22.1. The van der Waals surface area contributed by atoms with Gasteiger partial charge in [0, 0.05) is 13.2 Å². The molecule has 74 valence electrons. The molecule has 1 aliphatic heterocycles. The summed E-state index contributed by atoms with van der Waals surface area (Å²) in [6.45, 7) is 3.89. The summed E-state index contributed by atoms with van der Waals surface area (Å²) < 4.78 is 5.13. The zero-order chi connectivity index (χ0) is 9.52. The predicted octanol–water partition coefficient (Wildman–Crippen LogP) is 0.651. The second-order valence-corrected chi connectivity index (χ2v) is 2.98. The van der Waals surface area contributed by atoms with Gasteiger partial charge in [0.2, 0.25) is 0 Å². The van der Waals surface area contributed by atoms with Gasteiger partial charge in [-0.25, -0.2) is 4.79 Å². The molecule has 0 aromatic heterocycles. The molecule has 2 amide bonds. The standard InChI is InChI=1S/C9H16N2O2/c1-2-3-5-10-9(12)11-8-4-6-13-7-8/h2-3,8H,4-7H2,1H3,(H2,10,11,12)/b3-2+. The van der Waals surface area contributed by atoms with Gasteiger partial charge in [-0.2, -0.15) is 0 Å². The van der Waals surface area contributed by atoms with Crippen molar-refractivity contribution in [2.45, 2.75) is 19.4 Å². The maximum absolute atomic E-state index is 11.2. The molecule has 0 radical (unpaired) electrons. The molecule has 0 bridgehead atoms. The van der Waals surface area contributed by atoms with Crippen molar-refractivity contribution < 1.29 is 9.53 Å². The Hall–Kier alpha value is -1.03. The molecule has 1 saturated heterocycles. The Morgan fingerprint density at radius 3 is 3.15 bits per heavy atom. The van der Waals surface area contributed by atoms with Crippen molar-refractivity contribution in [2.75, 3.05) is 19.8 Å². The molecule has 1 aliphatic rings. The molecule has 4 nitrogen and oxygen atoms in total. The predicted molar refractivity (Wildman–Crippen MR) is 50.6 cm³/mol. The Bertz CT molecular complexity index is 186. The third-order valence-electron chi connectivity index (χ3n) is 1.88. The third kappa shape index (κ3) is 3.94. The van der Waals surface area contributed by atoms with Crippen LogP contribution in [0.25, 0.3) is 0 Å². The number of rotatable bonds is 3. The van der Waals surface area contributed by atoms with Crippen molar-refractivity contribution in [1.82, 2.24) is 10.6 Å². The van der Waals surface area contributed by atoms with Gasteiger partial charge in [-0.3, -0.25) is 0 Å². The minimum Gasteiger partial charge on any atom is -0.379 e. The molecular formula is C9H16N2O2. The highest BCUT2D eigenvalue weighted by Gasteiger charge is 2.16. The maximum Gasteiger partial charge on any atom is 0.315 e. The van der Waals surface area contributed by atoms with Gasteiger partial charge in [0.25, 0.3) is 0 Å². The smallest absolute Gasteiger partial charge is 0.315 e. The van der Waals surface area contributed by atoms with E-state index in [2.05, 4.69) is 10.6 Å². The largest absolute Gasteiger partial charge is 0.379 e. The SMILES string of the molecule is C/C=C/CNC(=O)NC1CCOC1. The van der Waals surface area contributed by atoms with E-state index in [0.29, 0.717) is 13.2 Å². The van der Waals surface area contributed by atoms with Crippen LogP contribution in [0, 0.1) is 0 Å². The summed E-state index contributed by atoms with van der Waals surface area (Å²) in [4.78, 5) is 11.2. The van der Waals surface area contributed by atoms with Crippen molar-refractivity contribution >= 4 is 6.03 Å². The van der Waals surface area contributed by atoms with E-state index in [1.54, 1.807) is 0 Å². The molecule has 0 saturated carbocycles. The van der Waals surface area contributed by atoms with E-state index >= 15 is 0 Å². The number of hydrogen-bond donors (Lipinski definition) is 2. The lowest BCUT2D eigenvalue weighted by molar-refractivity contribution is 0.188. The monoisotopic (exact) mass is 184 g/mol. The highest BCUT2D eigenvalue weighted by molar-refractivity contribution is 5.74. The fraction of sp³-hybridized carbons (Fsp3) is 0.667. The first kappa shape index (κ1) is 10.1. The van der Waals surface area contributed by atoms with Gasteiger partial charge in [-0.05, 0) is 13.3 Å². The maximum atomic E-state index is 11.2. The van der Waals surface area contributed by atoms with Crippen LogP contribution in [0.4, 0.5) is 4.79 Å². The van der Waals surface area contributed by atoms with Crippen LogP contribution in [0.2, 0.25) is 0 Å². The summed E-state index contributed by atoms with van der Waals surface area (Å²) in [5.74, 6) is 0. The van der Waals surface area contributed by atoms with Gasteiger partial charge in [0.1, 0.15) is 0 Å². The van der Waals surface area contributed by atoms with Crippen LogP contribution < -0.4 is 10.6 Å². The van der Waals surface area contributed by atoms with Gasteiger partial charge in [0.05, 0.1) is 12.6 Å². The van der Waals surface area contributed by atoms with Gasteiger partial charge in [0.15, 0.2) is 0 Å². The number of urea groups is 1. The molecule has 1 rings (SSSR count). The Morgan fingerprint density at radius 2 is 2.54 bits per heavy atom. The third-order valence-corrected chi connectivity index (χ3v) is 1.88. The minimum absolute atomic E-state index is 0.117. The lowest BCUT2D eigenvalue weighted by atomic mass is 10.3. The molecule has 1 fully saturated rings. The van der Waals surface area contributed by atoms with Crippen molar-refractivity contribution in [3.05, 3.63) is 12.2 Å². The van der Waals surface area contributed by atoms with Crippen LogP contribution in [0.1, 0.15) is 13.3 Å². The molecule has 0 aromatic carbocycles. The Kier molecular flexibility index (Phi) is 4.32. The van der Waals surface area contributed by atoms with Crippen LogP contribution in [0.15, 0.2) is 12.2 Å².